The second-order valence-corrected chi connectivity index (χ2v) is 4.44. The van der Waals surface area contributed by atoms with Gasteiger partial charge in [-0.05, 0) is 19.1 Å². The van der Waals surface area contributed by atoms with Gasteiger partial charge in [0.1, 0.15) is 5.75 Å². The Morgan fingerprint density at radius 1 is 1.36 bits per heavy atom. The van der Waals surface area contributed by atoms with Gasteiger partial charge in [0.2, 0.25) is 0 Å². The van der Waals surface area contributed by atoms with Gasteiger partial charge in [0.05, 0.1) is 5.75 Å². The fourth-order valence-electron chi connectivity index (χ4n) is 0.765. The molecule has 6 heteroatoms. The average molecular weight is 218 g/mol. The molecule has 0 heterocycles. The summed E-state index contributed by atoms with van der Waals surface area (Å²) in [7, 11) is -3.68. The highest BCUT2D eigenvalue weighted by atomic mass is 32.2. The Morgan fingerprint density at radius 2 is 2.00 bits per heavy atom. The van der Waals surface area contributed by atoms with Crippen LogP contribution in [0.3, 0.4) is 0 Å². The third-order valence-corrected chi connectivity index (χ3v) is 2.65. The predicted molar refractivity (Wildman–Crippen MR) is 49.9 cm³/mol. The molecule has 0 bridgehead atoms. The van der Waals surface area contributed by atoms with Gasteiger partial charge in [-0.3, -0.25) is 0 Å². The van der Waals surface area contributed by atoms with E-state index in [1.807, 2.05) is 0 Å². The number of aromatic hydroxyl groups is 2. The molecule has 0 aliphatic heterocycles. The largest absolute Gasteiger partial charge is 0.508 e. The van der Waals surface area contributed by atoms with Crippen LogP contribution in [0.2, 0.25) is 0 Å². The SMILES string of the molecule is CCS(=O)(=O)Oc1cc(O)ccc1O. The summed E-state index contributed by atoms with van der Waals surface area (Å²) in [5, 5.41) is 18.2. The van der Waals surface area contributed by atoms with E-state index in [4.69, 9.17) is 5.11 Å². The van der Waals surface area contributed by atoms with E-state index in [0.29, 0.717) is 0 Å². The first-order valence-corrected chi connectivity index (χ1v) is 5.46. The highest BCUT2D eigenvalue weighted by Crippen LogP contribution is 2.30. The lowest BCUT2D eigenvalue weighted by atomic mass is 10.3. The minimum Gasteiger partial charge on any atom is -0.508 e. The van der Waals surface area contributed by atoms with Crippen molar-refractivity contribution in [3.05, 3.63) is 18.2 Å². The van der Waals surface area contributed by atoms with Crippen LogP contribution in [0.25, 0.3) is 0 Å². The topological polar surface area (TPSA) is 83.8 Å². The summed E-state index contributed by atoms with van der Waals surface area (Å²) in [6, 6.07) is 3.40. The second-order valence-electron chi connectivity index (χ2n) is 2.58. The van der Waals surface area contributed by atoms with Gasteiger partial charge >= 0.3 is 10.1 Å². The van der Waals surface area contributed by atoms with E-state index in [-0.39, 0.29) is 23.0 Å². The molecule has 0 fully saturated rings. The highest BCUT2D eigenvalue weighted by molar-refractivity contribution is 7.87. The lowest BCUT2D eigenvalue weighted by molar-refractivity contribution is 0.421. The standard InChI is InChI=1S/C8H10O5S/c1-2-14(11,12)13-8-5-6(9)3-4-7(8)10/h3-5,9-10H,2H2,1H3. The summed E-state index contributed by atoms with van der Waals surface area (Å²) >= 11 is 0. The minimum atomic E-state index is -3.68. The van der Waals surface area contributed by atoms with Crippen molar-refractivity contribution in [2.24, 2.45) is 0 Å². The maximum atomic E-state index is 11.0. The summed E-state index contributed by atoms with van der Waals surface area (Å²) < 4.78 is 26.6. The second kappa shape index (κ2) is 3.75. The molecule has 0 amide bonds. The zero-order valence-electron chi connectivity index (χ0n) is 7.47. The number of phenolic OH excluding ortho intramolecular Hbond substituents is 2. The molecule has 0 saturated carbocycles. The van der Waals surface area contributed by atoms with Crippen LogP contribution in [0.4, 0.5) is 0 Å². The fourth-order valence-corrected chi connectivity index (χ4v) is 1.29. The monoisotopic (exact) mass is 218 g/mol. The predicted octanol–water partition coefficient (Wildman–Crippen LogP) is 0.826. The van der Waals surface area contributed by atoms with E-state index in [0.717, 1.165) is 12.1 Å². The Hall–Kier alpha value is -1.43. The van der Waals surface area contributed by atoms with Gasteiger partial charge < -0.3 is 14.4 Å². The van der Waals surface area contributed by atoms with Crippen LogP contribution in [0, 0.1) is 0 Å². The molecule has 1 aromatic rings. The fraction of sp³-hybridized carbons (Fsp3) is 0.250. The van der Waals surface area contributed by atoms with Crippen LogP contribution in [-0.4, -0.2) is 24.4 Å². The zero-order valence-corrected chi connectivity index (χ0v) is 8.28. The summed E-state index contributed by atoms with van der Waals surface area (Å²) in [4.78, 5) is 0. The third kappa shape index (κ3) is 2.53. The van der Waals surface area contributed by atoms with Crippen LogP contribution in [0.15, 0.2) is 18.2 Å². The van der Waals surface area contributed by atoms with Crippen molar-refractivity contribution in [3.8, 4) is 17.2 Å². The first-order chi connectivity index (χ1) is 6.44. The quantitative estimate of drug-likeness (QED) is 0.579. The van der Waals surface area contributed by atoms with E-state index in [1.54, 1.807) is 0 Å². The Morgan fingerprint density at radius 3 is 2.57 bits per heavy atom. The lowest BCUT2D eigenvalue weighted by Crippen LogP contribution is -2.11. The molecular weight excluding hydrogens is 208 g/mol. The zero-order chi connectivity index (χ0) is 10.8. The molecule has 0 spiro atoms. The molecule has 0 atom stereocenters. The van der Waals surface area contributed by atoms with Crippen LogP contribution in [0.1, 0.15) is 6.92 Å². The minimum absolute atomic E-state index is 0.177. The van der Waals surface area contributed by atoms with Crippen molar-refractivity contribution in [1.82, 2.24) is 0 Å². The van der Waals surface area contributed by atoms with Crippen molar-refractivity contribution < 1.29 is 22.8 Å². The maximum Gasteiger partial charge on any atom is 0.309 e. The number of phenols is 2. The third-order valence-electron chi connectivity index (χ3n) is 1.51. The van der Waals surface area contributed by atoms with Gasteiger partial charge in [0.15, 0.2) is 11.5 Å². The summed E-state index contributed by atoms with van der Waals surface area (Å²) in [6.07, 6.45) is 0. The van der Waals surface area contributed by atoms with Crippen molar-refractivity contribution >= 4 is 10.1 Å². The number of rotatable bonds is 3. The van der Waals surface area contributed by atoms with Crippen molar-refractivity contribution in [3.63, 3.8) is 0 Å². The molecule has 0 aliphatic rings. The number of hydrogen-bond acceptors (Lipinski definition) is 5. The molecule has 5 nitrogen and oxygen atoms in total. The van der Waals surface area contributed by atoms with Crippen LogP contribution >= 0.6 is 0 Å². The first-order valence-electron chi connectivity index (χ1n) is 3.89. The van der Waals surface area contributed by atoms with Crippen LogP contribution in [0.5, 0.6) is 17.2 Å². The molecule has 1 aromatic carbocycles. The molecule has 0 unspecified atom stereocenters. The smallest absolute Gasteiger partial charge is 0.309 e. The van der Waals surface area contributed by atoms with Crippen LogP contribution in [-0.2, 0) is 10.1 Å². The average Bonchev–Trinajstić information content (AvgIpc) is 2.11. The molecular formula is C8H10O5S. The molecule has 2 N–H and O–H groups in total. The van der Waals surface area contributed by atoms with Crippen molar-refractivity contribution in [2.45, 2.75) is 6.92 Å². The highest BCUT2D eigenvalue weighted by Gasteiger charge is 2.13. The molecule has 0 radical (unpaired) electrons. The Bertz CT molecular complexity index is 423. The van der Waals surface area contributed by atoms with Gasteiger partial charge in [-0.2, -0.15) is 8.42 Å². The lowest BCUT2D eigenvalue weighted by Gasteiger charge is -2.06. The normalized spacial score (nSPS) is 11.2. The molecule has 1 rings (SSSR count). The first kappa shape index (κ1) is 10.6. The van der Waals surface area contributed by atoms with Gasteiger partial charge in [-0.15, -0.1) is 0 Å². The Balaban J connectivity index is 3.03. The Kier molecular flexibility index (Phi) is 2.85. The number of hydrogen-bond donors (Lipinski definition) is 2. The molecule has 0 saturated heterocycles. The van der Waals surface area contributed by atoms with E-state index in [1.165, 1.54) is 13.0 Å². The van der Waals surface area contributed by atoms with Crippen molar-refractivity contribution in [1.29, 1.82) is 0 Å². The van der Waals surface area contributed by atoms with E-state index < -0.39 is 10.1 Å². The maximum absolute atomic E-state index is 11.0. The van der Waals surface area contributed by atoms with E-state index in [9.17, 15) is 13.5 Å². The van der Waals surface area contributed by atoms with Crippen molar-refractivity contribution in [2.75, 3.05) is 5.75 Å². The van der Waals surface area contributed by atoms with Crippen LogP contribution < -0.4 is 4.18 Å². The summed E-state index contributed by atoms with van der Waals surface area (Å²) in [5.74, 6) is -0.988. The Labute approximate surface area is 81.7 Å². The van der Waals surface area contributed by atoms with E-state index in [2.05, 4.69) is 4.18 Å². The van der Waals surface area contributed by atoms with Gasteiger partial charge in [0.25, 0.3) is 0 Å². The molecule has 14 heavy (non-hydrogen) atoms. The van der Waals surface area contributed by atoms with E-state index >= 15 is 0 Å². The van der Waals surface area contributed by atoms with Gasteiger partial charge in [-0.25, -0.2) is 0 Å². The van der Waals surface area contributed by atoms with Gasteiger partial charge in [-0.1, -0.05) is 0 Å². The molecule has 0 aliphatic carbocycles. The summed E-state index contributed by atoms with van der Waals surface area (Å²) in [6.45, 7) is 1.41. The van der Waals surface area contributed by atoms with Gasteiger partial charge in [0, 0.05) is 6.07 Å². The number of benzene rings is 1. The molecule has 78 valence electrons. The summed E-state index contributed by atoms with van der Waals surface area (Å²) in [5.41, 5.74) is 0. The molecule has 0 aromatic heterocycles.